The predicted octanol–water partition coefficient (Wildman–Crippen LogP) is 2.46. The number of rotatable bonds is 5. The lowest BCUT2D eigenvalue weighted by atomic mass is 10.2. The molecule has 0 bridgehead atoms. The summed E-state index contributed by atoms with van der Waals surface area (Å²) in [5, 5.41) is 12.1. The minimum Gasteiger partial charge on any atom is -0.477 e. The molecule has 104 valence electrons. The predicted molar refractivity (Wildman–Crippen MR) is 74.4 cm³/mol. The number of hydrogen-bond donors (Lipinski definition) is 2. The summed E-state index contributed by atoms with van der Waals surface area (Å²) >= 11 is 1.29. The maximum atomic E-state index is 10.8. The van der Waals surface area contributed by atoms with Crippen LogP contribution in [-0.2, 0) is 13.1 Å². The van der Waals surface area contributed by atoms with Gasteiger partial charge in [-0.3, -0.25) is 0 Å². The molecular weight excluding hydrogens is 278 g/mol. The van der Waals surface area contributed by atoms with E-state index in [-0.39, 0.29) is 6.79 Å². The van der Waals surface area contributed by atoms with Crippen LogP contribution in [-0.4, -0.2) is 17.9 Å². The maximum absolute atomic E-state index is 10.8. The van der Waals surface area contributed by atoms with Gasteiger partial charge in [0.15, 0.2) is 11.5 Å². The van der Waals surface area contributed by atoms with Crippen molar-refractivity contribution < 1.29 is 19.4 Å². The van der Waals surface area contributed by atoms with Crippen molar-refractivity contribution in [3.8, 4) is 11.5 Å². The number of carbonyl (C=O) groups is 1. The molecule has 6 heteroatoms. The van der Waals surface area contributed by atoms with Crippen molar-refractivity contribution >= 4 is 17.3 Å². The summed E-state index contributed by atoms with van der Waals surface area (Å²) in [4.78, 5) is 12.2. The van der Waals surface area contributed by atoms with Crippen LogP contribution < -0.4 is 14.8 Å². The molecule has 2 heterocycles. The summed E-state index contributed by atoms with van der Waals surface area (Å²) in [7, 11) is 0. The standard InChI is InChI=1S/C14H13NO4S/c16-14(17)13-4-2-10(20-13)7-15-6-9-1-3-11-12(5-9)19-8-18-11/h1-5,15H,6-8H2,(H,16,17). The van der Waals surface area contributed by atoms with Gasteiger partial charge in [-0.1, -0.05) is 6.07 Å². The molecule has 0 atom stereocenters. The third-order valence-electron chi connectivity index (χ3n) is 2.94. The second-order valence-electron chi connectivity index (χ2n) is 4.36. The van der Waals surface area contributed by atoms with Gasteiger partial charge in [-0.05, 0) is 29.8 Å². The number of thiophene rings is 1. The highest BCUT2D eigenvalue weighted by Gasteiger charge is 2.13. The Morgan fingerprint density at radius 1 is 1.20 bits per heavy atom. The van der Waals surface area contributed by atoms with E-state index in [4.69, 9.17) is 14.6 Å². The SMILES string of the molecule is O=C(O)c1ccc(CNCc2ccc3c(c2)OCO3)s1. The number of carboxylic acids is 1. The molecule has 2 aromatic rings. The lowest BCUT2D eigenvalue weighted by Gasteiger charge is -2.04. The molecule has 0 unspecified atom stereocenters. The molecule has 1 aromatic heterocycles. The van der Waals surface area contributed by atoms with E-state index in [1.165, 1.54) is 11.3 Å². The number of benzene rings is 1. The van der Waals surface area contributed by atoms with Crippen molar-refractivity contribution in [1.29, 1.82) is 0 Å². The van der Waals surface area contributed by atoms with Crippen LogP contribution in [0.25, 0.3) is 0 Å². The number of carboxylic acid groups (broad SMARTS) is 1. The fourth-order valence-electron chi connectivity index (χ4n) is 1.97. The van der Waals surface area contributed by atoms with Gasteiger partial charge in [-0.2, -0.15) is 0 Å². The van der Waals surface area contributed by atoms with Gasteiger partial charge < -0.3 is 19.9 Å². The highest BCUT2D eigenvalue weighted by molar-refractivity contribution is 7.13. The third-order valence-corrected chi connectivity index (χ3v) is 4.01. The van der Waals surface area contributed by atoms with Gasteiger partial charge in [0.05, 0.1) is 0 Å². The molecule has 0 amide bonds. The van der Waals surface area contributed by atoms with Crippen LogP contribution in [0.2, 0.25) is 0 Å². The molecule has 1 aliphatic heterocycles. The number of aromatic carboxylic acids is 1. The second-order valence-corrected chi connectivity index (χ2v) is 5.53. The highest BCUT2D eigenvalue weighted by Crippen LogP contribution is 2.32. The Morgan fingerprint density at radius 3 is 2.85 bits per heavy atom. The molecule has 0 aliphatic carbocycles. The van der Waals surface area contributed by atoms with E-state index in [0.29, 0.717) is 18.0 Å². The lowest BCUT2D eigenvalue weighted by Crippen LogP contribution is -2.11. The van der Waals surface area contributed by atoms with Crippen LogP contribution in [0.3, 0.4) is 0 Å². The van der Waals surface area contributed by atoms with Gasteiger partial charge >= 0.3 is 5.97 Å². The van der Waals surface area contributed by atoms with Crippen molar-refractivity contribution in [2.24, 2.45) is 0 Å². The number of ether oxygens (including phenoxy) is 2. The Labute approximate surface area is 119 Å². The molecule has 1 aromatic carbocycles. The summed E-state index contributed by atoms with van der Waals surface area (Å²) in [5.74, 6) is 0.670. The minimum absolute atomic E-state index is 0.277. The first-order chi connectivity index (χ1) is 9.72. The average molecular weight is 291 g/mol. The molecule has 20 heavy (non-hydrogen) atoms. The van der Waals surface area contributed by atoms with Crippen LogP contribution in [0.15, 0.2) is 30.3 Å². The molecule has 0 spiro atoms. The summed E-state index contributed by atoms with van der Waals surface area (Å²) in [6.07, 6.45) is 0. The van der Waals surface area contributed by atoms with E-state index >= 15 is 0 Å². The Kier molecular flexibility index (Phi) is 3.58. The van der Waals surface area contributed by atoms with E-state index in [1.54, 1.807) is 6.07 Å². The quantitative estimate of drug-likeness (QED) is 0.885. The van der Waals surface area contributed by atoms with Crippen LogP contribution in [0.5, 0.6) is 11.5 Å². The summed E-state index contributed by atoms with van der Waals surface area (Å²) < 4.78 is 10.6. The number of fused-ring (bicyclic) bond motifs is 1. The second kappa shape index (κ2) is 5.52. The largest absolute Gasteiger partial charge is 0.477 e. The smallest absolute Gasteiger partial charge is 0.345 e. The Morgan fingerprint density at radius 2 is 2.05 bits per heavy atom. The molecule has 0 saturated heterocycles. The summed E-state index contributed by atoms with van der Waals surface area (Å²) in [6, 6.07) is 9.29. The fourth-order valence-corrected chi connectivity index (χ4v) is 2.78. The van der Waals surface area contributed by atoms with Gasteiger partial charge in [0.2, 0.25) is 6.79 Å². The normalized spacial score (nSPS) is 12.6. The fraction of sp³-hybridized carbons (Fsp3) is 0.214. The zero-order valence-corrected chi connectivity index (χ0v) is 11.4. The van der Waals surface area contributed by atoms with Gasteiger partial charge in [-0.15, -0.1) is 11.3 Å². The van der Waals surface area contributed by atoms with Gasteiger partial charge in [-0.25, -0.2) is 4.79 Å². The van der Waals surface area contributed by atoms with Crippen LogP contribution in [0.4, 0.5) is 0 Å². The first-order valence-electron chi connectivity index (χ1n) is 6.13. The molecule has 0 saturated carbocycles. The Balaban J connectivity index is 1.55. The molecule has 5 nitrogen and oxygen atoms in total. The lowest BCUT2D eigenvalue weighted by molar-refractivity contribution is 0.0702. The number of hydrogen-bond acceptors (Lipinski definition) is 5. The molecule has 3 rings (SSSR count). The zero-order valence-electron chi connectivity index (χ0n) is 10.6. The van der Waals surface area contributed by atoms with Gasteiger partial charge in [0.1, 0.15) is 4.88 Å². The molecule has 0 radical (unpaired) electrons. The van der Waals surface area contributed by atoms with E-state index in [2.05, 4.69) is 5.32 Å². The third kappa shape index (κ3) is 2.76. The Bertz CT molecular complexity index is 638. The Hall–Kier alpha value is -2.05. The van der Waals surface area contributed by atoms with Crippen LogP contribution >= 0.6 is 11.3 Å². The number of nitrogens with one attached hydrogen (secondary N) is 1. The summed E-state index contributed by atoms with van der Waals surface area (Å²) in [6.45, 7) is 1.61. The van der Waals surface area contributed by atoms with Gasteiger partial charge in [0, 0.05) is 18.0 Å². The van der Waals surface area contributed by atoms with Crippen molar-refractivity contribution in [3.63, 3.8) is 0 Å². The van der Waals surface area contributed by atoms with E-state index in [1.807, 2.05) is 24.3 Å². The zero-order chi connectivity index (χ0) is 13.9. The van der Waals surface area contributed by atoms with Crippen molar-refractivity contribution in [1.82, 2.24) is 5.32 Å². The minimum atomic E-state index is -0.878. The first-order valence-corrected chi connectivity index (χ1v) is 6.95. The van der Waals surface area contributed by atoms with E-state index < -0.39 is 5.97 Å². The van der Waals surface area contributed by atoms with Crippen LogP contribution in [0, 0.1) is 0 Å². The van der Waals surface area contributed by atoms with Crippen molar-refractivity contribution in [2.75, 3.05) is 6.79 Å². The maximum Gasteiger partial charge on any atom is 0.345 e. The van der Waals surface area contributed by atoms with Gasteiger partial charge in [0.25, 0.3) is 0 Å². The average Bonchev–Trinajstić information content (AvgIpc) is 3.06. The van der Waals surface area contributed by atoms with E-state index in [0.717, 1.165) is 21.9 Å². The molecule has 2 N–H and O–H groups in total. The topological polar surface area (TPSA) is 67.8 Å². The molecule has 0 fully saturated rings. The molecule has 1 aliphatic rings. The monoisotopic (exact) mass is 291 g/mol. The van der Waals surface area contributed by atoms with E-state index in [9.17, 15) is 4.79 Å². The van der Waals surface area contributed by atoms with Crippen LogP contribution in [0.1, 0.15) is 20.1 Å². The highest BCUT2D eigenvalue weighted by atomic mass is 32.1. The summed E-state index contributed by atoms with van der Waals surface area (Å²) in [5.41, 5.74) is 1.10. The first kappa shape index (κ1) is 13.0. The molecular formula is C14H13NO4S. The van der Waals surface area contributed by atoms with Crippen molar-refractivity contribution in [2.45, 2.75) is 13.1 Å². The van der Waals surface area contributed by atoms with Crippen molar-refractivity contribution in [3.05, 3.63) is 45.6 Å².